The van der Waals surface area contributed by atoms with Crippen molar-refractivity contribution in [2.24, 2.45) is 5.84 Å². The van der Waals surface area contributed by atoms with Gasteiger partial charge in [-0.2, -0.15) is 0 Å². The summed E-state index contributed by atoms with van der Waals surface area (Å²) in [6.07, 6.45) is 0. The number of anilines is 1. The van der Waals surface area contributed by atoms with E-state index in [2.05, 4.69) is 0 Å². The van der Waals surface area contributed by atoms with Gasteiger partial charge in [-0.15, -0.1) is 17.6 Å². The highest BCUT2D eigenvalue weighted by molar-refractivity contribution is 6.30. The summed E-state index contributed by atoms with van der Waals surface area (Å²) < 4.78 is 12.2. The third kappa shape index (κ3) is 2.93. The second-order valence-corrected chi connectivity index (χ2v) is 2.23. The minimum atomic E-state index is 0. The van der Waals surface area contributed by atoms with Crippen LogP contribution in [-0.4, -0.2) is 0 Å². The summed E-state index contributed by atoms with van der Waals surface area (Å²) in [5.41, 5.74) is 0.243. The van der Waals surface area contributed by atoms with Crippen molar-refractivity contribution < 1.29 is 4.48 Å². The van der Waals surface area contributed by atoms with Gasteiger partial charge < -0.3 is 0 Å². The zero-order chi connectivity index (χ0) is 7.56. The molecule has 0 saturated carbocycles. The lowest BCUT2D eigenvalue weighted by molar-refractivity contribution is 0.444. The molecule has 1 aromatic rings. The van der Waals surface area contributed by atoms with Crippen LogP contribution in [0, 0.1) is 0 Å². The second kappa shape index (κ2) is 4.38. The molecule has 0 bridgehead atoms. The van der Waals surface area contributed by atoms with E-state index in [4.69, 9.17) is 17.4 Å². The largest absolute Gasteiger partial charge is 0.218 e. The Balaban J connectivity index is 0.000001000. The van der Waals surface area contributed by atoms with Crippen LogP contribution in [0.2, 0.25) is 5.02 Å². The van der Waals surface area contributed by atoms with Crippen LogP contribution in [0.5, 0.6) is 0 Å². The lowest BCUT2D eigenvalue weighted by Crippen LogP contribution is -2.19. The van der Waals surface area contributed by atoms with Gasteiger partial charge in [0.05, 0.1) is 5.69 Å². The fourth-order valence-corrected chi connectivity index (χ4v) is 0.794. The minimum Gasteiger partial charge on any atom is -0.218 e. The maximum Gasteiger partial charge on any atom is 0.0887 e. The Bertz CT molecular complexity index is 230. The average Bonchev–Trinajstić information content (AvgIpc) is 1.88. The molecule has 0 heterocycles. The number of hydrogen-bond acceptors (Lipinski definition) is 2. The van der Waals surface area contributed by atoms with Crippen LogP contribution >= 0.6 is 24.0 Å². The third-order valence-electron chi connectivity index (χ3n) is 1.05. The maximum absolute atomic E-state index is 12.2. The summed E-state index contributed by atoms with van der Waals surface area (Å²) in [5.74, 6) is 4.79. The molecule has 0 fully saturated rings. The van der Waals surface area contributed by atoms with Gasteiger partial charge in [0.2, 0.25) is 0 Å². The molecule has 2 nitrogen and oxygen atoms in total. The molecular formula is C6H7Cl2FN2. The van der Waals surface area contributed by atoms with E-state index in [1.807, 2.05) is 0 Å². The number of halogens is 3. The van der Waals surface area contributed by atoms with E-state index in [1.165, 1.54) is 12.1 Å². The first-order valence-electron chi connectivity index (χ1n) is 2.66. The van der Waals surface area contributed by atoms with E-state index < -0.39 is 0 Å². The van der Waals surface area contributed by atoms with Gasteiger partial charge in [-0.3, -0.25) is 0 Å². The molecule has 0 saturated heterocycles. The lowest BCUT2D eigenvalue weighted by Gasteiger charge is -2.04. The summed E-state index contributed by atoms with van der Waals surface area (Å²) in [7, 11) is 0. The quantitative estimate of drug-likeness (QED) is 0.425. The molecule has 0 unspecified atom stereocenters. The predicted octanol–water partition coefficient (Wildman–Crippen LogP) is 2.33. The number of hydrogen-bond donors (Lipinski definition) is 1. The molecule has 0 atom stereocenters. The van der Waals surface area contributed by atoms with Crippen LogP contribution in [0.4, 0.5) is 10.2 Å². The Morgan fingerprint density at radius 2 is 2.09 bits per heavy atom. The lowest BCUT2D eigenvalue weighted by atomic mass is 10.3. The van der Waals surface area contributed by atoms with Crippen LogP contribution < -0.4 is 11.1 Å². The van der Waals surface area contributed by atoms with E-state index >= 15 is 0 Å². The Morgan fingerprint density at radius 3 is 2.45 bits per heavy atom. The topological polar surface area (TPSA) is 29.3 Å². The minimum absolute atomic E-state index is 0. The molecule has 0 aromatic heterocycles. The van der Waals surface area contributed by atoms with Gasteiger partial charge in [0.15, 0.2) is 0 Å². The van der Waals surface area contributed by atoms with Gasteiger partial charge in [0, 0.05) is 5.02 Å². The Morgan fingerprint density at radius 1 is 1.45 bits per heavy atom. The smallest absolute Gasteiger partial charge is 0.0887 e. The molecule has 5 heteroatoms. The van der Waals surface area contributed by atoms with E-state index in [-0.39, 0.29) is 23.3 Å². The first kappa shape index (κ1) is 10.5. The third-order valence-corrected chi connectivity index (χ3v) is 1.29. The van der Waals surface area contributed by atoms with Gasteiger partial charge in [-0.05, 0) is 18.2 Å². The standard InChI is InChI=1S/C6H6ClFN2.ClH/c7-5-2-1-3-6(4-5)10(8)9;/h1-4H,9H2;1H. The zero-order valence-corrected chi connectivity index (χ0v) is 7.07. The van der Waals surface area contributed by atoms with Crippen LogP contribution in [0.15, 0.2) is 24.3 Å². The van der Waals surface area contributed by atoms with E-state index in [0.29, 0.717) is 5.02 Å². The van der Waals surface area contributed by atoms with Crippen molar-refractivity contribution in [1.82, 2.24) is 0 Å². The molecule has 2 N–H and O–H groups in total. The van der Waals surface area contributed by atoms with Crippen molar-refractivity contribution in [3.8, 4) is 0 Å². The monoisotopic (exact) mass is 196 g/mol. The molecule has 11 heavy (non-hydrogen) atoms. The van der Waals surface area contributed by atoms with Crippen LogP contribution in [0.3, 0.4) is 0 Å². The molecule has 0 aliphatic carbocycles. The van der Waals surface area contributed by atoms with Crippen molar-refractivity contribution in [3.63, 3.8) is 0 Å². The van der Waals surface area contributed by atoms with E-state index in [0.717, 1.165) is 0 Å². The summed E-state index contributed by atoms with van der Waals surface area (Å²) >= 11 is 5.54. The first-order valence-corrected chi connectivity index (χ1v) is 3.04. The summed E-state index contributed by atoms with van der Waals surface area (Å²) in [5, 5.41) is 0.483. The van der Waals surface area contributed by atoms with Crippen molar-refractivity contribution >= 4 is 29.7 Å². The summed E-state index contributed by atoms with van der Waals surface area (Å²) in [6.45, 7) is 0. The zero-order valence-electron chi connectivity index (χ0n) is 5.50. The molecule has 0 amide bonds. The van der Waals surface area contributed by atoms with Crippen molar-refractivity contribution in [2.75, 3.05) is 5.23 Å². The normalized spacial score (nSPS) is 8.64. The van der Waals surface area contributed by atoms with Crippen molar-refractivity contribution in [2.45, 2.75) is 0 Å². The predicted molar refractivity (Wildman–Crippen MR) is 46.5 cm³/mol. The molecule has 0 aliphatic rings. The fourth-order valence-electron chi connectivity index (χ4n) is 0.609. The van der Waals surface area contributed by atoms with E-state index in [1.54, 1.807) is 12.1 Å². The van der Waals surface area contributed by atoms with Gasteiger partial charge in [0.25, 0.3) is 0 Å². The number of benzene rings is 1. The summed E-state index contributed by atoms with van der Waals surface area (Å²) in [6, 6.07) is 6.22. The van der Waals surface area contributed by atoms with Crippen LogP contribution in [-0.2, 0) is 0 Å². The van der Waals surface area contributed by atoms with E-state index in [9.17, 15) is 4.48 Å². The number of hydrazine groups is 1. The number of nitrogens with two attached hydrogens (primary N) is 1. The van der Waals surface area contributed by atoms with Gasteiger partial charge in [-0.25, -0.2) is 5.84 Å². The van der Waals surface area contributed by atoms with Gasteiger partial charge in [-0.1, -0.05) is 22.1 Å². The molecule has 1 rings (SSSR count). The van der Waals surface area contributed by atoms with Gasteiger partial charge >= 0.3 is 0 Å². The summed E-state index contributed by atoms with van der Waals surface area (Å²) in [4.78, 5) is 0. The van der Waals surface area contributed by atoms with Crippen molar-refractivity contribution in [3.05, 3.63) is 29.3 Å². The molecule has 1 aromatic carbocycles. The SMILES string of the molecule is Cl.NN(F)c1cccc(Cl)c1. The highest BCUT2D eigenvalue weighted by Crippen LogP contribution is 2.16. The second-order valence-electron chi connectivity index (χ2n) is 1.79. The fraction of sp³-hybridized carbons (Fsp3) is 0. The Kier molecular flexibility index (Phi) is 4.18. The molecule has 0 spiro atoms. The van der Waals surface area contributed by atoms with Crippen molar-refractivity contribution in [1.29, 1.82) is 0 Å². The average molecular weight is 197 g/mol. The van der Waals surface area contributed by atoms with Crippen LogP contribution in [0.1, 0.15) is 0 Å². The number of rotatable bonds is 1. The highest BCUT2D eigenvalue weighted by Gasteiger charge is 1.97. The number of nitrogens with zero attached hydrogens (tertiary/aromatic N) is 1. The highest BCUT2D eigenvalue weighted by atomic mass is 35.5. The van der Waals surface area contributed by atoms with Crippen LogP contribution in [0.25, 0.3) is 0 Å². The first-order chi connectivity index (χ1) is 4.70. The Labute approximate surface area is 75.1 Å². The molecular weight excluding hydrogens is 190 g/mol. The molecule has 62 valence electrons. The molecule has 0 radical (unpaired) electrons. The molecule has 0 aliphatic heterocycles. The maximum atomic E-state index is 12.2. The van der Waals surface area contributed by atoms with Gasteiger partial charge in [0.1, 0.15) is 0 Å². The Hall–Kier alpha value is -0.510.